The van der Waals surface area contributed by atoms with E-state index in [0.29, 0.717) is 19.4 Å². The summed E-state index contributed by atoms with van der Waals surface area (Å²) in [6.07, 6.45) is 1.39. The van der Waals surface area contributed by atoms with Gasteiger partial charge < -0.3 is 11.1 Å². The highest BCUT2D eigenvalue weighted by Crippen LogP contribution is 2.18. The van der Waals surface area contributed by atoms with Gasteiger partial charge in [-0.15, -0.1) is 12.4 Å². The molecular formula is C13H19Cl2FN2O. The van der Waals surface area contributed by atoms with Crippen LogP contribution in [0.15, 0.2) is 18.2 Å². The van der Waals surface area contributed by atoms with Gasteiger partial charge in [-0.25, -0.2) is 4.39 Å². The van der Waals surface area contributed by atoms with E-state index in [1.807, 2.05) is 13.8 Å². The van der Waals surface area contributed by atoms with Crippen LogP contribution in [0.3, 0.4) is 0 Å². The average molecular weight is 309 g/mol. The number of halogens is 3. The molecule has 0 aromatic heterocycles. The predicted octanol–water partition coefficient (Wildman–Crippen LogP) is 3.15. The van der Waals surface area contributed by atoms with E-state index >= 15 is 0 Å². The van der Waals surface area contributed by atoms with Crippen molar-refractivity contribution >= 4 is 29.9 Å². The van der Waals surface area contributed by atoms with E-state index in [0.717, 1.165) is 6.07 Å². The van der Waals surface area contributed by atoms with Gasteiger partial charge in [-0.05, 0) is 31.0 Å². The van der Waals surface area contributed by atoms with Crippen LogP contribution < -0.4 is 11.1 Å². The summed E-state index contributed by atoms with van der Waals surface area (Å²) in [5.74, 6) is -1.09. The van der Waals surface area contributed by atoms with Gasteiger partial charge in [-0.2, -0.15) is 0 Å². The summed E-state index contributed by atoms with van der Waals surface area (Å²) in [4.78, 5) is 12.0. The number of hydrogen-bond donors (Lipinski definition) is 2. The number of carbonyl (C=O) groups excluding carboxylic acids is 1. The Morgan fingerprint density at radius 3 is 2.42 bits per heavy atom. The van der Waals surface area contributed by atoms with Crippen LogP contribution in [0.5, 0.6) is 0 Å². The van der Waals surface area contributed by atoms with Crippen molar-refractivity contribution in [3.05, 3.63) is 34.6 Å². The Labute approximate surface area is 124 Å². The fourth-order valence-electron chi connectivity index (χ4n) is 1.75. The first kappa shape index (κ1) is 18.2. The van der Waals surface area contributed by atoms with Crippen LogP contribution in [0.25, 0.3) is 0 Å². The van der Waals surface area contributed by atoms with Gasteiger partial charge in [0.15, 0.2) is 0 Å². The van der Waals surface area contributed by atoms with Crippen LogP contribution in [0.1, 0.15) is 37.0 Å². The number of benzene rings is 1. The summed E-state index contributed by atoms with van der Waals surface area (Å²) in [5, 5.41) is 3.07. The minimum absolute atomic E-state index is 0. The molecule has 1 aromatic rings. The molecule has 0 spiro atoms. The smallest absolute Gasteiger partial charge is 0.254 e. The molecule has 0 saturated carbocycles. The van der Waals surface area contributed by atoms with Crippen molar-refractivity contribution in [1.29, 1.82) is 0 Å². The molecular weight excluding hydrogens is 290 g/mol. The first-order valence-electron chi connectivity index (χ1n) is 5.95. The number of nitrogens with two attached hydrogens (primary N) is 1. The Kier molecular flexibility index (Phi) is 7.34. The standard InChI is InChI=1S/C13H18ClFN2O.ClH/c1-3-13(4-2,8-16)17-12(18)10-6-5-9(14)7-11(10)15;/h5-7H,3-4,8,16H2,1-2H3,(H,17,18);1H. The van der Waals surface area contributed by atoms with Crippen molar-refractivity contribution in [2.24, 2.45) is 5.73 Å². The molecule has 1 amide bonds. The second-order valence-electron chi connectivity index (χ2n) is 4.27. The minimum Gasteiger partial charge on any atom is -0.345 e. The molecule has 3 nitrogen and oxygen atoms in total. The molecule has 0 aliphatic heterocycles. The second kappa shape index (κ2) is 7.68. The molecule has 0 radical (unpaired) electrons. The lowest BCUT2D eigenvalue weighted by Crippen LogP contribution is -2.53. The highest BCUT2D eigenvalue weighted by atomic mass is 35.5. The SMILES string of the molecule is CCC(CC)(CN)NC(=O)c1ccc(Cl)cc1F.Cl. The van der Waals surface area contributed by atoms with Gasteiger partial charge in [-0.1, -0.05) is 25.4 Å². The van der Waals surface area contributed by atoms with E-state index in [4.69, 9.17) is 17.3 Å². The fourth-order valence-corrected chi connectivity index (χ4v) is 1.91. The van der Waals surface area contributed by atoms with E-state index < -0.39 is 17.3 Å². The zero-order valence-corrected chi connectivity index (χ0v) is 12.6. The first-order chi connectivity index (χ1) is 8.48. The normalized spacial score (nSPS) is 10.8. The van der Waals surface area contributed by atoms with Gasteiger partial charge in [0.2, 0.25) is 0 Å². The van der Waals surface area contributed by atoms with E-state index in [9.17, 15) is 9.18 Å². The molecule has 0 fully saturated rings. The molecule has 19 heavy (non-hydrogen) atoms. The average Bonchev–Trinajstić information content (AvgIpc) is 2.36. The maximum absolute atomic E-state index is 13.6. The predicted molar refractivity (Wildman–Crippen MR) is 78.5 cm³/mol. The van der Waals surface area contributed by atoms with Crippen molar-refractivity contribution in [2.45, 2.75) is 32.2 Å². The Morgan fingerprint density at radius 2 is 2.00 bits per heavy atom. The highest BCUT2D eigenvalue weighted by molar-refractivity contribution is 6.30. The van der Waals surface area contributed by atoms with Crippen molar-refractivity contribution in [3.63, 3.8) is 0 Å². The molecule has 1 aromatic carbocycles. The minimum atomic E-state index is -0.627. The lowest BCUT2D eigenvalue weighted by atomic mass is 9.92. The first-order valence-corrected chi connectivity index (χ1v) is 6.33. The van der Waals surface area contributed by atoms with Crippen molar-refractivity contribution in [1.82, 2.24) is 5.32 Å². The van der Waals surface area contributed by atoms with Gasteiger partial charge in [0.05, 0.1) is 11.1 Å². The van der Waals surface area contributed by atoms with Gasteiger partial charge in [0, 0.05) is 11.6 Å². The lowest BCUT2D eigenvalue weighted by Gasteiger charge is -2.31. The Bertz CT molecular complexity index is 428. The lowest BCUT2D eigenvalue weighted by molar-refractivity contribution is 0.0891. The molecule has 0 aliphatic rings. The van der Waals surface area contributed by atoms with Crippen LogP contribution in [0.4, 0.5) is 4.39 Å². The van der Waals surface area contributed by atoms with Crippen molar-refractivity contribution in [3.8, 4) is 0 Å². The molecule has 3 N–H and O–H groups in total. The number of carbonyl (C=O) groups is 1. The van der Waals surface area contributed by atoms with Crippen LogP contribution >= 0.6 is 24.0 Å². The van der Waals surface area contributed by atoms with E-state index in [-0.39, 0.29) is 23.0 Å². The summed E-state index contributed by atoms with van der Waals surface area (Å²) in [5.41, 5.74) is 5.19. The maximum atomic E-state index is 13.6. The van der Waals surface area contributed by atoms with Crippen LogP contribution in [-0.2, 0) is 0 Å². The molecule has 0 atom stereocenters. The third-order valence-corrected chi connectivity index (χ3v) is 3.53. The monoisotopic (exact) mass is 308 g/mol. The Hall–Kier alpha value is -0.840. The Balaban J connectivity index is 0.00000324. The van der Waals surface area contributed by atoms with Gasteiger partial charge in [0.1, 0.15) is 5.82 Å². The molecule has 0 bridgehead atoms. The maximum Gasteiger partial charge on any atom is 0.254 e. The second-order valence-corrected chi connectivity index (χ2v) is 4.71. The van der Waals surface area contributed by atoms with Gasteiger partial charge in [-0.3, -0.25) is 4.79 Å². The van der Waals surface area contributed by atoms with Crippen LogP contribution in [-0.4, -0.2) is 18.0 Å². The van der Waals surface area contributed by atoms with Crippen molar-refractivity contribution < 1.29 is 9.18 Å². The molecule has 1 rings (SSSR count). The Morgan fingerprint density at radius 1 is 1.42 bits per heavy atom. The number of hydrogen-bond acceptors (Lipinski definition) is 2. The topological polar surface area (TPSA) is 55.1 Å². The summed E-state index contributed by atoms with van der Waals surface area (Å²) >= 11 is 5.64. The summed E-state index contributed by atoms with van der Waals surface area (Å²) in [6, 6.07) is 3.99. The summed E-state index contributed by atoms with van der Waals surface area (Å²) in [6.45, 7) is 4.20. The zero-order valence-electron chi connectivity index (χ0n) is 11.0. The van der Waals surface area contributed by atoms with Gasteiger partial charge in [0.25, 0.3) is 5.91 Å². The largest absolute Gasteiger partial charge is 0.345 e. The van der Waals surface area contributed by atoms with E-state index in [2.05, 4.69) is 5.32 Å². The van der Waals surface area contributed by atoms with Gasteiger partial charge >= 0.3 is 0 Å². The molecule has 0 aliphatic carbocycles. The third kappa shape index (κ3) is 4.34. The quantitative estimate of drug-likeness (QED) is 0.878. The molecule has 0 saturated heterocycles. The number of nitrogens with one attached hydrogen (secondary N) is 1. The molecule has 0 heterocycles. The molecule has 108 valence electrons. The summed E-state index contributed by atoms with van der Waals surface area (Å²) in [7, 11) is 0. The number of amides is 1. The molecule has 6 heteroatoms. The highest BCUT2D eigenvalue weighted by Gasteiger charge is 2.27. The van der Waals surface area contributed by atoms with E-state index in [1.165, 1.54) is 12.1 Å². The van der Waals surface area contributed by atoms with Crippen molar-refractivity contribution in [2.75, 3.05) is 6.54 Å². The van der Waals surface area contributed by atoms with Crippen LogP contribution in [0.2, 0.25) is 5.02 Å². The number of rotatable bonds is 5. The summed E-state index contributed by atoms with van der Waals surface area (Å²) < 4.78 is 13.6. The molecule has 0 unspecified atom stereocenters. The van der Waals surface area contributed by atoms with Crippen LogP contribution in [0, 0.1) is 5.82 Å². The van der Waals surface area contributed by atoms with E-state index in [1.54, 1.807) is 0 Å². The third-order valence-electron chi connectivity index (χ3n) is 3.30. The zero-order chi connectivity index (χ0) is 13.8. The fraction of sp³-hybridized carbons (Fsp3) is 0.462.